The smallest absolute Gasteiger partial charge is 0.309 e. The highest BCUT2D eigenvalue weighted by Gasteiger charge is 2.48. The third-order valence-corrected chi connectivity index (χ3v) is 4.14. The molecule has 0 spiro atoms. The van der Waals surface area contributed by atoms with Crippen LogP contribution in [-0.2, 0) is 7.05 Å². The molecule has 1 fully saturated rings. The summed E-state index contributed by atoms with van der Waals surface area (Å²) < 4.78 is 41.4. The maximum atomic E-state index is 13.3. The van der Waals surface area contributed by atoms with Crippen LogP contribution in [0.3, 0.4) is 0 Å². The standard InChI is InChI=1S/C14H22F3N3/c1-3-18-13(12-8-9-20(2)19-12)10-6-4-5-7-11(10)14(15,16)17/h8-11,13,18H,3-7H2,1-2H3. The maximum absolute atomic E-state index is 13.3. The molecule has 0 radical (unpaired) electrons. The third-order valence-electron chi connectivity index (χ3n) is 4.14. The minimum absolute atomic E-state index is 0.239. The van der Waals surface area contributed by atoms with Gasteiger partial charge < -0.3 is 5.32 Å². The molecular weight excluding hydrogens is 267 g/mol. The van der Waals surface area contributed by atoms with Crippen molar-refractivity contribution in [3.8, 4) is 0 Å². The van der Waals surface area contributed by atoms with Crippen molar-refractivity contribution in [2.45, 2.75) is 44.8 Å². The summed E-state index contributed by atoms with van der Waals surface area (Å²) in [4.78, 5) is 0. The molecule has 3 unspecified atom stereocenters. The lowest BCUT2D eigenvalue weighted by molar-refractivity contribution is -0.199. The van der Waals surface area contributed by atoms with Crippen molar-refractivity contribution in [3.05, 3.63) is 18.0 Å². The molecule has 20 heavy (non-hydrogen) atoms. The zero-order valence-electron chi connectivity index (χ0n) is 12.0. The fraction of sp³-hybridized carbons (Fsp3) is 0.786. The van der Waals surface area contributed by atoms with Crippen LogP contribution in [0.15, 0.2) is 12.3 Å². The van der Waals surface area contributed by atoms with Gasteiger partial charge in [-0.1, -0.05) is 19.8 Å². The molecule has 114 valence electrons. The fourth-order valence-electron chi connectivity index (χ4n) is 3.26. The topological polar surface area (TPSA) is 29.9 Å². The van der Waals surface area contributed by atoms with Gasteiger partial charge in [0, 0.05) is 13.2 Å². The average Bonchev–Trinajstić information content (AvgIpc) is 2.81. The molecule has 6 heteroatoms. The summed E-state index contributed by atoms with van der Waals surface area (Å²) in [7, 11) is 1.79. The molecule has 1 aromatic heterocycles. The molecule has 1 heterocycles. The highest BCUT2D eigenvalue weighted by atomic mass is 19.4. The van der Waals surface area contributed by atoms with Crippen LogP contribution < -0.4 is 5.32 Å². The number of aryl methyl sites for hydroxylation is 1. The van der Waals surface area contributed by atoms with E-state index in [2.05, 4.69) is 10.4 Å². The van der Waals surface area contributed by atoms with Gasteiger partial charge in [0.25, 0.3) is 0 Å². The molecule has 1 aliphatic carbocycles. The molecule has 0 bridgehead atoms. The normalized spacial score (nSPS) is 25.6. The van der Waals surface area contributed by atoms with Gasteiger partial charge in [-0.3, -0.25) is 4.68 Å². The lowest BCUT2D eigenvalue weighted by Gasteiger charge is -2.37. The van der Waals surface area contributed by atoms with E-state index in [1.165, 1.54) is 0 Å². The molecule has 0 amide bonds. The van der Waals surface area contributed by atoms with Crippen molar-refractivity contribution in [1.82, 2.24) is 15.1 Å². The van der Waals surface area contributed by atoms with E-state index in [1.54, 1.807) is 17.9 Å². The first-order valence-electron chi connectivity index (χ1n) is 7.23. The summed E-state index contributed by atoms with van der Waals surface area (Å²) in [5, 5.41) is 7.52. The molecule has 1 N–H and O–H groups in total. The first kappa shape index (κ1) is 15.4. The summed E-state index contributed by atoms with van der Waals surface area (Å²) in [5.41, 5.74) is 0.718. The predicted octanol–water partition coefficient (Wildman–Crippen LogP) is 3.44. The van der Waals surface area contributed by atoms with Crippen molar-refractivity contribution in [3.63, 3.8) is 0 Å². The minimum atomic E-state index is -4.12. The van der Waals surface area contributed by atoms with Gasteiger partial charge in [-0.15, -0.1) is 0 Å². The zero-order chi connectivity index (χ0) is 14.8. The average molecular weight is 289 g/mol. The van der Waals surface area contributed by atoms with E-state index < -0.39 is 18.0 Å². The predicted molar refractivity (Wildman–Crippen MR) is 71.1 cm³/mol. The van der Waals surface area contributed by atoms with E-state index in [0.29, 0.717) is 19.4 Å². The van der Waals surface area contributed by atoms with Gasteiger partial charge in [0.15, 0.2) is 0 Å². The highest BCUT2D eigenvalue weighted by Crippen LogP contribution is 2.46. The minimum Gasteiger partial charge on any atom is -0.309 e. The molecule has 3 nitrogen and oxygen atoms in total. The summed E-state index contributed by atoms with van der Waals surface area (Å²) in [6, 6.07) is 1.50. The first-order chi connectivity index (χ1) is 9.43. The third kappa shape index (κ3) is 3.34. The summed E-state index contributed by atoms with van der Waals surface area (Å²) in [5.74, 6) is -1.64. The summed E-state index contributed by atoms with van der Waals surface area (Å²) in [6.45, 7) is 2.56. The second-order valence-electron chi connectivity index (χ2n) is 5.55. The Hall–Kier alpha value is -1.04. The van der Waals surface area contributed by atoms with Crippen LogP contribution >= 0.6 is 0 Å². The van der Waals surface area contributed by atoms with Crippen LogP contribution in [0.2, 0.25) is 0 Å². The Morgan fingerprint density at radius 1 is 1.40 bits per heavy atom. The van der Waals surface area contributed by atoms with E-state index in [4.69, 9.17) is 0 Å². The second kappa shape index (κ2) is 6.16. The van der Waals surface area contributed by atoms with Crippen LogP contribution in [-0.4, -0.2) is 22.5 Å². The molecule has 1 aromatic rings. The lowest BCUT2D eigenvalue weighted by Crippen LogP contribution is -2.41. The first-order valence-corrected chi connectivity index (χ1v) is 7.23. The van der Waals surface area contributed by atoms with Crippen LogP contribution in [0.25, 0.3) is 0 Å². The van der Waals surface area contributed by atoms with Gasteiger partial charge >= 0.3 is 6.18 Å². The molecule has 1 saturated carbocycles. The SMILES string of the molecule is CCNC(c1ccn(C)n1)C1CCCCC1C(F)(F)F. The van der Waals surface area contributed by atoms with E-state index in [1.807, 2.05) is 13.0 Å². The van der Waals surface area contributed by atoms with Gasteiger partial charge in [-0.05, 0) is 31.4 Å². The van der Waals surface area contributed by atoms with Crippen LogP contribution in [0.4, 0.5) is 13.2 Å². The molecule has 0 aromatic carbocycles. The molecule has 1 aliphatic rings. The second-order valence-corrected chi connectivity index (χ2v) is 5.55. The molecule has 2 rings (SSSR count). The van der Waals surface area contributed by atoms with E-state index in [0.717, 1.165) is 12.1 Å². The van der Waals surface area contributed by atoms with Crippen molar-refractivity contribution in [2.24, 2.45) is 18.9 Å². The van der Waals surface area contributed by atoms with Gasteiger partial charge in [0.2, 0.25) is 0 Å². The van der Waals surface area contributed by atoms with E-state index in [-0.39, 0.29) is 12.5 Å². The van der Waals surface area contributed by atoms with Crippen molar-refractivity contribution in [2.75, 3.05) is 6.54 Å². The Balaban J connectivity index is 2.26. The summed E-state index contributed by atoms with van der Waals surface area (Å²) >= 11 is 0. The number of aromatic nitrogens is 2. The Morgan fingerprint density at radius 3 is 2.65 bits per heavy atom. The monoisotopic (exact) mass is 289 g/mol. The fourth-order valence-corrected chi connectivity index (χ4v) is 3.26. The molecule has 3 atom stereocenters. The van der Waals surface area contributed by atoms with Crippen molar-refractivity contribution in [1.29, 1.82) is 0 Å². The Morgan fingerprint density at radius 2 is 2.10 bits per heavy atom. The van der Waals surface area contributed by atoms with Gasteiger partial charge in [-0.2, -0.15) is 18.3 Å². The van der Waals surface area contributed by atoms with Crippen LogP contribution in [0.5, 0.6) is 0 Å². The highest BCUT2D eigenvalue weighted by molar-refractivity contribution is 5.09. The van der Waals surface area contributed by atoms with Crippen molar-refractivity contribution < 1.29 is 13.2 Å². The van der Waals surface area contributed by atoms with Gasteiger partial charge in [0.1, 0.15) is 0 Å². The Bertz CT molecular complexity index is 428. The lowest BCUT2D eigenvalue weighted by atomic mass is 9.74. The Labute approximate surface area is 117 Å². The number of rotatable bonds is 4. The number of hydrogen-bond donors (Lipinski definition) is 1. The Kier molecular flexibility index (Phi) is 4.73. The quantitative estimate of drug-likeness (QED) is 0.920. The van der Waals surface area contributed by atoms with Crippen LogP contribution in [0.1, 0.15) is 44.3 Å². The van der Waals surface area contributed by atoms with Crippen LogP contribution in [0, 0.1) is 11.8 Å². The number of hydrogen-bond acceptors (Lipinski definition) is 2. The summed E-state index contributed by atoms with van der Waals surface area (Å²) in [6.07, 6.45) is 0.0493. The number of nitrogens with one attached hydrogen (secondary N) is 1. The van der Waals surface area contributed by atoms with E-state index in [9.17, 15) is 13.2 Å². The molecule has 0 saturated heterocycles. The van der Waals surface area contributed by atoms with Gasteiger partial charge in [0.05, 0.1) is 17.7 Å². The number of nitrogens with zero attached hydrogens (tertiary/aromatic N) is 2. The number of alkyl halides is 3. The number of halogens is 3. The van der Waals surface area contributed by atoms with E-state index >= 15 is 0 Å². The maximum Gasteiger partial charge on any atom is 0.392 e. The zero-order valence-corrected chi connectivity index (χ0v) is 12.0. The van der Waals surface area contributed by atoms with Crippen molar-refractivity contribution >= 4 is 0 Å². The molecule has 0 aliphatic heterocycles. The molecular formula is C14H22F3N3. The van der Waals surface area contributed by atoms with Gasteiger partial charge in [-0.25, -0.2) is 0 Å². The largest absolute Gasteiger partial charge is 0.392 e.